The smallest absolute Gasteiger partial charge is 0.188 e. The van der Waals surface area contributed by atoms with Crippen LogP contribution in [0.4, 0.5) is 0 Å². The van der Waals surface area contributed by atoms with Crippen LogP contribution < -0.4 is 32.6 Å². The fourth-order valence-corrected chi connectivity index (χ4v) is 3.15. The summed E-state index contributed by atoms with van der Waals surface area (Å²) in [5, 5.41) is 6.43. The highest BCUT2D eigenvalue weighted by molar-refractivity contribution is 5.99. The fourth-order valence-electron chi connectivity index (χ4n) is 3.15. The van der Waals surface area contributed by atoms with Gasteiger partial charge in [0.05, 0.1) is 13.2 Å². The Morgan fingerprint density at radius 2 is 1.65 bits per heavy atom. The van der Waals surface area contributed by atoms with Gasteiger partial charge in [-0.3, -0.25) is 15.0 Å². The van der Waals surface area contributed by atoms with E-state index in [0.29, 0.717) is 19.1 Å². The zero-order chi connectivity index (χ0) is 22.2. The molecule has 0 saturated carbocycles. The Bertz CT molecular complexity index is 711. The second-order valence-electron chi connectivity index (χ2n) is 7.51. The minimum atomic E-state index is 0.169. The molecular formula is C22H38N8O. The molecule has 1 heterocycles. The molecule has 0 aromatic heterocycles. The third kappa shape index (κ3) is 11.1. The predicted octanol–water partition coefficient (Wildman–Crippen LogP) is 1.32. The van der Waals surface area contributed by atoms with Crippen molar-refractivity contribution < 1.29 is 4.74 Å². The monoisotopic (exact) mass is 430 g/mol. The first-order valence-electron chi connectivity index (χ1n) is 11.3. The van der Waals surface area contributed by atoms with E-state index in [1.807, 2.05) is 24.3 Å². The van der Waals surface area contributed by atoms with Crippen LogP contribution in [0.1, 0.15) is 50.5 Å². The molecule has 0 fully saturated rings. The lowest BCUT2D eigenvalue weighted by molar-refractivity contribution is 0.307. The number of nitrogens with zero attached hydrogens (tertiary/aromatic N) is 3. The summed E-state index contributed by atoms with van der Waals surface area (Å²) in [4.78, 5) is 12.8. The van der Waals surface area contributed by atoms with Crippen LogP contribution in [0.5, 0.6) is 5.75 Å². The number of hydrogen-bond donors (Lipinski definition) is 5. The van der Waals surface area contributed by atoms with E-state index in [9.17, 15) is 0 Å². The highest BCUT2D eigenvalue weighted by atomic mass is 16.5. The van der Waals surface area contributed by atoms with Crippen LogP contribution in [-0.4, -0.2) is 57.1 Å². The Kier molecular flexibility index (Phi) is 11.7. The van der Waals surface area contributed by atoms with E-state index >= 15 is 0 Å². The maximum absolute atomic E-state index is 5.91. The van der Waals surface area contributed by atoms with Crippen molar-refractivity contribution >= 4 is 17.8 Å². The van der Waals surface area contributed by atoms with Crippen LogP contribution >= 0.6 is 0 Å². The summed E-state index contributed by atoms with van der Waals surface area (Å²) in [5.74, 6) is 2.54. The number of hydrogen-bond acceptors (Lipinski definition) is 5. The third-order valence-electron chi connectivity index (χ3n) is 4.84. The van der Waals surface area contributed by atoms with Gasteiger partial charge < -0.3 is 32.6 Å². The third-order valence-corrected chi connectivity index (χ3v) is 4.84. The fraction of sp³-hybridized carbons (Fsp3) is 0.591. The number of nitrogens with one attached hydrogen (secondary N) is 2. The van der Waals surface area contributed by atoms with Gasteiger partial charge in [0.15, 0.2) is 11.9 Å². The summed E-state index contributed by atoms with van der Waals surface area (Å²) in [6.07, 6.45) is 7.43. The topological polar surface area (TPSA) is 148 Å². The average Bonchev–Trinajstić information content (AvgIpc) is 3.30. The molecule has 0 atom stereocenters. The zero-order valence-electron chi connectivity index (χ0n) is 18.5. The number of guanidine groups is 2. The van der Waals surface area contributed by atoms with Crippen molar-refractivity contribution in [1.29, 1.82) is 0 Å². The molecule has 0 spiro atoms. The Hall–Kier alpha value is -2.97. The summed E-state index contributed by atoms with van der Waals surface area (Å²) in [5.41, 5.74) is 17.6. The molecule has 9 nitrogen and oxygen atoms in total. The summed E-state index contributed by atoms with van der Waals surface area (Å²) >= 11 is 0. The molecule has 1 aromatic rings. The highest BCUT2D eigenvalue weighted by Crippen LogP contribution is 2.13. The van der Waals surface area contributed by atoms with Crippen molar-refractivity contribution in [2.45, 2.75) is 44.9 Å². The van der Waals surface area contributed by atoms with Gasteiger partial charge in [-0.15, -0.1) is 0 Å². The molecule has 1 aliphatic rings. The molecule has 0 amide bonds. The summed E-state index contributed by atoms with van der Waals surface area (Å²) in [7, 11) is 0. The Morgan fingerprint density at radius 3 is 2.32 bits per heavy atom. The largest absolute Gasteiger partial charge is 0.494 e. The Balaban J connectivity index is 1.43. The SMILES string of the molecule is NC(N)=NCCCCCCCN=C(N)NCCCCOc1ccc(C2=NCCN2)cc1. The molecule has 1 aromatic carbocycles. The number of rotatable bonds is 15. The Morgan fingerprint density at radius 1 is 0.935 bits per heavy atom. The van der Waals surface area contributed by atoms with Crippen molar-refractivity contribution in [3.63, 3.8) is 0 Å². The van der Waals surface area contributed by atoms with Gasteiger partial charge in [0.25, 0.3) is 0 Å². The van der Waals surface area contributed by atoms with Crippen molar-refractivity contribution in [2.24, 2.45) is 32.2 Å². The molecule has 0 saturated heterocycles. The normalized spacial score (nSPS) is 13.4. The maximum atomic E-state index is 5.91. The zero-order valence-corrected chi connectivity index (χ0v) is 18.5. The molecule has 2 rings (SSSR count). The number of aliphatic imine (C=N–C) groups is 3. The second-order valence-corrected chi connectivity index (χ2v) is 7.51. The van der Waals surface area contributed by atoms with Gasteiger partial charge in [-0.2, -0.15) is 0 Å². The summed E-state index contributed by atoms with van der Waals surface area (Å²) in [6.45, 7) is 4.71. The highest BCUT2D eigenvalue weighted by Gasteiger charge is 2.07. The van der Waals surface area contributed by atoms with Crippen LogP contribution in [0.15, 0.2) is 39.2 Å². The number of benzene rings is 1. The average molecular weight is 431 g/mol. The lowest BCUT2D eigenvalue weighted by atomic mass is 10.1. The van der Waals surface area contributed by atoms with E-state index in [1.165, 1.54) is 0 Å². The minimum absolute atomic E-state index is 0.169. The van der Waals surface area contributed by atoms with Gasteiger partial charge >= 0.3 is 0 Å². The van der Waals surface area contributed by atoms with Crippen molar-refractivity contribution in [2.75, 3.05) is 39.3 Å². The lowest BCUT2D eigenvalue weighted by Gasteiger charge is -2.08. The molecule has 172 valence electrons. The lowest BCUT2D eigenvalue weighted by Crippen LogP contribution is -2.32. The molecule has 1 aliphatic heterocycles. The van der Waals surface area contributed by atoms with Crippen LogP contribution in [-0.2, 0) is 0 Å². The van der Waals surface area contributed by atoms with Gasteiger partial charge in [0.2, 0.25) is 0 Å². The van der Waals surface area contributed by atoms with Gasteiger partial charge in [-0.25, -0.2) is 0 Å². The van der Waals surface area contributed by atoms with E-state index in [0.717, 1.165) is 88.3 Å². The number of ether oxygens (including phenoxy) is 1. The first-order valence-corrected chi connectivity index (χ1v) is 11.3. The van der Waals surface area contributed by atoms with E-state index in [4.69, 9.17) is 21.9 Å². The molecular weight excluding hydrogens is 392 g/mol. The van der Waals surface area contributed by atoms with Gasteiger partial charge in [-0.05, 0) is 49.9 Å². The quantitative estimate of drug-likeness (QED) is 0.161. The first-order chi connectivity index (χ1) is 15.1. The summed E-state index contributed by atoms with van der Waals surface area (Å²) < 4.78 is 5.80. The second kappa shape index (κ2) is 14.9. The van der Waals surface area contributed by atoms with Crippen molar-refractivity contribution in [3.05, 3.63) is 29.8 Å². The molecule has 0 aliphatic carbocycles. The van der Waals surface area contributed by atoms with Gasteiger partial charge in [0.1, 0.15) is 11.6 Å². The number of unbranched alkanes of at least 4 members (excludes halogenated alkanes) is 5. The predicted molar refractivity (Wildman–Crippen MR) is 129 cm³/mol. The van der Waals surface area contributed by atoms with Crippen LogP contribution in [0.3, 0.4) is 0 Å². The van der Waals surface area contributed by atoms with E-state index in [1.54, 1.807) is 0 Å². The van der Waals surface area contributed by atoms with Crippen molar-refractivity contribution in [1.82, 2.24) is 10.6 Å². The van der Waals surface area contributed by atoms with Gasteiger partial charge in [-0.1, -0.05) is 19.3 Å². The minimum Gasteiger partial charge on any atom is -0.494 e. The maximum Gasteiger partial charge on any atom is 0.188 e. The van der Waals surface area contributed by atoms with E-state index < -0.39 is 0 Å². The molecule has 31 heavy (non-hydrogen) atoms. The summed E-state index contributed by atoms with van der Waals surface area (Å²) in [6, 6.07) is 8.06. The van der Waals surface area contributed by atoms with Crippen molar-refractivity contribution in [3.8, 4) is 5.75 Å². The van der Waals surface area contributed by atoms with Crippen LogP contribution in [0, 0.1) is 0 Å². The first kappa shape index (κ1) is 24.3. The van der Waals surface area contributed by atoms with Gasteiger partial charge in [0, 0.05) is 31.7 Å². The van der Waals surface area contributed by atoms with E-state index in [2.05, 4.69) is 25.6 Å². The standard InChI is InChI=1S/C22H38N8O/c23-21(24)28-12-4-2-1-3-5-13-29-22(25)30-14-6-7-17-31-19-10-8-18(9-11-19)20-26-15-16-27-20/h8-11H,1-7,12-17H2,(H,26,27)(H4,23,24,28)(H3,25,29,30). The molecule has 0 bridgehead atoms. The Labute approximate surface area is 185 Å². The number of nitrogens with two attached hydrogens (primary N) is 3. The van der Waals surface area contributed by atoms with E-state index in [-0.39, 0.29) is 5.96 Å². The molecule has 0 unspecified atom stereocenters. The number of amidine groups is 1. The van der Waals surface area contributed by atoms with Crippen LogP contribution in [0.2, 0.25) is 0 Å². The molecule has 9 heteroatoms. The molecule has 8 N–H and O–H groups in total. The van der Waals surface area contributed by atoms with Crippen LogP contribution in [0.25, 0.3) is 0 Å². The molecule has 0 radical (unpaired) electrons.